The van der Waals surface area contributed by atoms with E-state index >= 15 is 0 Å². The quantitative estimate of drug-likeness (QED) is 0.847. The second kappa shape index (κ2) is 6.91. The fraction of sp³-hybridized carbons (Fsp3) is 0.500. The number of carbonyl (C=O) groups is 1. The van der Waals surface area contributed by atoms with Crippen molar-refractivity contribution in [2.24, 2.45) is 5.92 Å². The molecule has 0 aliphatic carbocycles. The molecule has 1 aliphatic heterocycles. The van der Waals surface area contributed by atoms with Gasteiger partial charge in [0.05, 0.1) is 11.5 Å². The molecule has 0 spiro atoms. The molecule has 2 rings (SSSR count). The van der Waals surface area contributed by atoms with E-state index in [2.05, 4.69) is 10.6 Å². The van der Waals surface area contributed by atoms with Gasteiger partial charge < -0.3 is 15.4 Å². The normalized spacial score (nSPS) is 18.4. The topological polar surface area (TPSA) is 84.5 Å². The van der Waals surface area contributed by atoms with Crippen LogP contribution >= 0.6 is 0 Å². The first-order valence-corrected chi connectivity index (χ1v) is 8.73. The van der Waals surface area contributed by atoms with E-state index in [1.165, 1.54) is 6.26 Å². The van der Waals surface area contributed by atoms with E-state index in [1.54, 1.807) is 24.3 Å². The third kappa shape index (κ3) is 5.02. The Hall–Kier alpha value is -1.60. The zero-order valence-corrected chi connectivity index (χ0v) is 12.8. The third-order valence-corrected chi connectivity index (χ3v) is 4.51. The molecule has 0 bridgehead atoms. The van der Waals surface area contributed by atoms with Crippen molar-refractivity contribution in [1.82, 2.24) is 10.6 Å². The van der Waals surface area contributed by atoms with Crippen LogP contribution in [0.25, 0.3) is 0 Å². The number of benzene rings is 1. The molecular weight excluding hydrogens is 292 g/mol. The smallest absolute Gasteiger partial charge is 0.315 e. The minimum absolute atomic E-state index is 0.228. The molecule has 1 atom stereocenters. The molecule has 2 N–H and O–H groups in total. The predicted molar refractivity (Wildman–Crippen MR) is 78.7 cm³/mol. The lowest BCUT2D eigenvalue weighted by Gasteiger charge is -2.11. The summed E-state index contributed by atoms with van der Waals surface area (Å²) in [4.78, 5) is 11.9. The number of carbonyl (C=O) groups excluding carboxylic acids is 1. The SMILES string of the molecule is CS(=O)(=O)c1ccc(CNC(=O)NC[C@@H]2CCOC2)cc1. The molecule has 1 saturated heterocycles. The average Bonchev–Trinajstić information content (AvgIpc) is 2.95. The summed E-state index contributed by atoms with van der Waals surface area (Å²) in [6, 6.07) is 6.25. The molecule has 1 aliphatic rings. The van der Waals surface area contributed by atoms with Crippen molar-refractivity contribution >= 4 is 15.9 Å². The Bertz CT molecular complexity index is 577. The summed E-state index contributed by atoms with van der Waals surface area (Å²) in [5.41, 5.74) is 0.849. The van der Waals surface area contributed by atoms with Gasteiger partial charge in [0, 0.05) is 31.9 Å². The van der Waals surface area contributed by atoms with Crippen LogP contribution in [0.1, 0.15) is 12.0 Å². The Morgan fingerprint density at radius 2 is 2.00 bits per heavy atom. The molecule has 2 amide bonds. The Labute approximate surface area is 124 Å². The summed E-state index contributed by atoms with van der Waals surface area (Å²) in [6.07, 6.45) is 2.15. The van der Waals surface area contributed by atoms with Gasteiger partial charge in [0.15, 0.2) is 9.84 Å². The van der Waals surface area contributed by atoms with Gasteiger partial charge in [-0.25, -0.2) is 13.2 Å². The van der Waals surface area contributed by atoms with Crippen molar-refractivity contribution in [3.05, 3.63) is 29.8 Å². The summed E-state index contributed by atoms with van der Waals surface area (Å²) in [7, 11) is -3.18. The predicted octanol–water partition coefficient (Wildman–Crippen LogP) is 0.926. The number of ether oxygens (including phenoxy) is 1. The zero-order chi connectivity index (χ0) is 15.3. The second-order valence-electron chi connectivity index (χ2n) is 5.21. The first kappa shape index (κ1) is 15.8. The maximum absolute atomic E-state index is 11.6. The molecule has 1 aromatic rings. The summed E-state index contributed by atoms with van der Waals surface area (Å²) < 4.78 is 27.9. The fourth-order valence-corrected chi connectivity index (χ4v) is 2.71. The minimum atomic E-state index is -3.18. The van der Waals surface area contributed by atoms with E-state index < -0.39 is 9.84 Å². The molecule has 0 saturated carbocycles. The number of hydrogen-bond donors (Lipinski definition) is 2. The first-order chi connectivity index (χ1) is 9.95. The lowest BCUT2D eigenvalue weighted by Crippen LogP contribution is -2.38. The van der Waals surface area contributed by atoms with Crippen LogP contribution in [0.3, 0.4) is 0 Å². The van der Waals surface area contributed by atoms with E-state index in [9.17, 15) is 13.2 Å². The van der Waals surface area contributed by atoms with Gasteiger partial charge in [-0.2, -0.15) is 0 Å². The van der Waals surface area contributed by atoms with Crippen LogP contribution in [0.5, 0.6) is 0 Å². The van der Waals surface area contributed by atoms with Crippen molar-refractivity contribution in [2.75, 3.05) is 26.0 Å². The molecule has 1 heterocycles. The van der Waals surface area contributed by atoms with Gasteiger partial charge in [0.1, 0.15) is 0 Å². The monoisotopic (exact) mass is 312 g/mol. The minimum Gasteiger partial charge on any atom is -0.381 e. The maximum Gasteiger partial charge on any atom is 0.315 e. The van der Waals surface area contributed by atoms with Crippen molar-refractivity contribution < 1.29 is 17.9 Å². The van der Waals surface area contributed by atoms with Gasteiger partial charge in [0.2, 0.25) is 0 Å². The van der Waals surface area contributed by atoms with E-state index in [4.69, 9.17) is 4.74 Å². The fourth-order valence-electron chi connectivity index (χ4n) is 2.08. The number of urea groups is 1. The number of rotatable bonds is 5. The third-order valence-electron chi connectivity index (χ3n) is 3.38. The van der Waals surface area contributed by atoms with E-state index in [-0.39, 0.29) is 10.9 Å². The largest absolute Gasteiger partial charge is 0.381 e. The van der Waals surface area contributed by atoms with Gasteiger partial charge in [-0.15, -0.1) is 0 Å². The molecule has 21 heavy (non-hydrogen) atoms. The second-order valence-corrected chi connectivity index (χ2v) is 7.23. The van der Waals surface area contributed by atoms with Gasteiger partial charge in [-0.3, -0.25) is 0 Å². The van der Waals surface area contributed by atoms with Crippen molar-refractivity contribution in [3.63, 3.8) is 0 Å². The molecule has 1 fully saturated rings. The zero-order valence-electron chi connectivity index (χ0n) is 12.0. The van der Waals surface area contributed by atoms with Crippen LogP contribution < -0.4 is 10.6 Å². The van der Waals surface area contributed by atoms with E-state index in [0.717, 1.165) is 18.6 Å². The summed E-state index contributed by atoms with van der Waals surface area (Å²) in [6.45, 7) is 2.43. The van der Waals surface area contributed by atoms with Crippen LogP contribution in [-0.2, 0) is 21.1 Å². The first-order valence-electron chi connectivity index (χ1n) is 6.83. The van der Waals surface area contributed by atoms with Crippen molar-refractivity contribution in [3.8, 4) is 0 Å². The van der Waals surface area contributed by atoms with Crippen molar-refractivity contribution in [2.45, 2.75) is 17.9 Å². The molecule has 116 valence electrons. The molecule has 0 aromatic heterocycles. The highest BCUT2D eigenvalue weighted by Gasteiger charge is 2.16. The average molecular weight is 312 g/mol. The van der Waals surface area contributed by atoms with Crippen LogP contribution in [-0.4, -0.2) is 40.5 Å². The number of sulfone groups is 1. The number of amides is 2. The Morgan fingerprint density at radius 1 is 1.29 bits per heavy atom. The summed E-state index contributed by atoms with van der Waals surface area (Å²) in [5, 5.41) is 5.55. The van der Waals surface area contributed by atoms with Crippen LogP contribution in [0.15, 0.2) is 29.2 Å². The van der Waals surface area contributed by atoms with E-state index in [0.29, 0.717) is 25.6 Å². The van der Waals surface area contributed by atoms with Gasteiger partial charge >= 0.3 is 6.03 Å². The number of hydrogen-bond acceptors (Lipinski definition) is 4. The molecule has 7 heteroatoms. The van der Waals surface area contributed by atoms with Crippen LogP contribution in [0.2, 0.25) is 0 Å². The Balaban J connectivity index is 1.75. The summed E-state index contributed by atoms with van der Waals surface area (Å²) >= 11 is 0. The molecule has 1 aromatic carbocycles. The molecule has 6 nitrogen and oxygen atoms in total. The van der Waals surface area contributed by atoms with Gasteiger partial charge in [0.25, 0.3) is 0 Å². The van der Waals surface area contributed by atoms with Crippen LogP contribution in [0.4, 0.5) is 4.79 Å². The number of nitrogens with one attached hydrogen (secondary N) is 2. The highest BCUT2D eigenvalue weighted by atomic mass is 32.2. The Kier molecular flexibility index (Phi) is 5.19. The molecule has 0 radical (unpaired) electrons. The Morgan fingerprint density at radius 3 is 2.57 bits per heavy atom. The lowest BCUT2D eigenvalue weighted by atomic mass is 10.1. The highest BCUT2D eigenvalue weighted by Crippen LogP contribution is 2.11. The van der Waals surface area contributed by atoms with Gasteiger partial charge in [-0.05, 0) is 24.1 Å². The highest BCUT2D eigenvalue weighted by molar-refractivity contribution is 7.90. The molecule has 0 unspecified atom stereocenters. The maximum atomic E-state index is 11.6. The van der Waals surface area contributed by atoms with Crippen LogP contribution in [0, 0.1) is 5.92 Å². The van der Waals surface area contributed by atoms with Gasteiger partial charge in [-0.1, -0.05) is 12.1 Å². The lowest BCUT2D eigenvalue weighted by molar-refractivity contribution is 0.185. The van der Waals surface area contributed by atoms with E-state index in [1.807, 2.05) is 0 Å². The molecular formula is C14H20N2O4S. The summed E-state index contributed by atoms with van der Waals surface area (Å²) in [5.74, 6) is 0.393. The standard InChI is InChI=1S/C14H20N2O4S/c1-21(18,19)13-4-2-11(3-5-13)8-15-14(17)16-9-12-6-7-20-10-12/h2-5,12H,6-10H2,1H3,(H2,15,16,17)/t12-/m0/s1. The van der Waals surface area contributed by atoms with Crippen molar-refractivity contribution in [1.29, 1.82) is 0 Å².